The molecule has 2 aromatic rings. The predicted octanol–water partition coefficient (Wildman–Crippen LogP) is 5.34. The van der Waals surface area contributed by atoms with Crippen molar-refractivity contribution >= 4 is 35.2 Å². The van der Waals surface area contributed by atoms with E-state index in [-0.39, 0.29) is 12.5 Å². The van der Waals surface area contributed by atoms with Gasteiger partial charge in [-0.1, -0.05) is 66.4 Å². The Balaban J connectivity index is 1.99. The van der Waals surface area contributed by atoms with Crippen LogP contribution in [0.15, 0.2) is 48.5 Å². The van der Waals surface area contributed by atoms with Gasteiger partial charge in [0.05, 0.1) is 0 Å². The topological polar surface area (TPSA) is 49.3 Å². The molecule has 0 aliphatic heterocycles. The number of halogens is 2. The summed E-state index contributed by atoms with van der Waals surface area (Å²) in [5.41, 5.74) is 2.73. The first-order valence-electron chi connectivity index (χ1n) is 8.73. The molecule has 0 atom stereocenters. The molecule has 0 saturated heterocycles. The molecular formula is C21H23Cl2NO2. The Bertz CT molecular complexity index is 759. The summed E-state index contributed by atoms with van der Waals surface area (Å²) in [5.74, 6) is -0.121. The van der Waals surface area contributed by atoms with Crippen LogP contribution in [0.5, 0.6) is 0 Å². The van der Waals surface area contributed by atoms with Crippen LogP contribution in [0.3, 0.4) is 0 Å². The molecule has 0 fully saturated rings. The van der Waals surface area contributed by atoms with Crippen LogP contribution >= 0.6 is 23.2 Å². The highest BCUT2D eigenvalue weighted by atomic mass is 35.5. The minimum atomic E-state index is -0.121. The van der Waals surface area contributed by atoms with E-state index in [4.69, 9.17) is 28.3 Å². The number of unbranched alkanes of at least 4 members (excludes halogenated alkanes) is 3. The largest absolute Gasteiger partial charge is 0.396 e. The van der Waals surface area contributed by atoms with Crippen LogP contribution < -0.4 is 5.32 Å². The van der Waals surface area contributed by atoms with Crippen LogP contribution in [0.1, 0.15) is 31.2 Å². The van der Waals surface area contributed by atoms with Crippen molar-refractivity contribution in [3.8, 4) is 11.1 Å². The maximum absolute atomic E-state index is 12.0. The minimum absolute atomic E-state index is 0.121. The molecule has 0 spiro atoms. The molecule has 0 aliphatic carbocycles. The number of aliphatic hydroxyl groups excluding tert-OH is 1. The normalized spacial score (nSPS) is 11.0. The van der Waals surface area contributed by atoms with Gasteiger partial charge >= 0.3 is 0 Å². The van der Waals surface area contributed by atoms with Gasteiger partial charge in [0.25, 0.3) is 0 Å². The number of hydrogen-bond acceptors (Lipinski definition) is 2. The molecule has 138 valence electrons. The predicted molar refractivity (Wildman–Crippen MR) is 109 cm³/mol. The van der Waals surface area contributed by atoms with E-state index in [1.807, 2.05) is 30.3 Å². The number of rotatable bonds is 9. The Hall–Kier alpha value is -1.81. The molecule has 1 amide bonds. The van der Waals surface area contributed by atoms with E-state index in [2.05, 4.69) is 5.32 Å². The third-order valence-corrected chi connectivity index (χ3v) is 4.53. The van der Waals surface area contributed by atoms with Crippen molar-refractivity contribution in [2.75, 3.05) is 13.2 Å². The highest BCUT2D eigenvalue weighted by Gasteiger charge is 2.07. The Kier molecular flexibility index (Phi) is 8.69. The first-order chi connectivity index (χ1) is 12.6. The van der Waals surface area contributed by atoms with Crippen molar-refractivity contribution < 1.29 is 9.90 Å². The summed E-state index contributed by atoms with van der Waals surface area (Å²) in [6.07, 6.45) is 7.05. The van der Waals surface area contributed by atoms with E-state index in [0.29, 0.717) is 16.6 Å². The summed E-state index contributed by atoms with van der Waals surface area (Å²) in [4.78, 5) is 12.0. The number of carbonyl (C=O) groups is 1. The van der Waals surface area contributed by atoms with E-state index in [1.54, 1.807) is 18.2 Å². The summed E-state index contributed by atoms with van der Waals surface area (Å²) < 4.78 is 0. The van der Waals surface area contributed by atoms with Crippen LogP contribution in [0, 0.1) is 0 Å². The lowest BCUT2D eigenvalue weighted by Gasteiger charge is -2.09. The lowest BCUT2D eigenvalue weighted by Crippen LogP contribution is -2.21. The average molecular weight is 392 g/mol. The third-order valence-electron chi connectivity index (χ3n) is 3.98. The standard InChI is InChI=1S/C21H23Cl2NO2/c22-17-10-11-19(20(23)15-17)18-8-4-3-7-16(18)9-12-21(26)24-13-5-1-2-6-14-25/h3-4,7-12,15,25H,1-2,5-6,13-14H2,(H,24,26). The average Bonchev–Trinajstić information content (AvgIpc) is 2.63. The van der Waals surface area contributed by atoms with Gasteiger partial charge in [-0.05, 0) is 42.2 Å². The highest BCUT2D eigenvalue weighted by Crippen LogP contribution is 2.32. The van der Waals surface area contributed by atoms with Gasteiger partial charge < -0.3 is 10.4 Å². The molecule has 0 radical (unpaired) electrons. The van der Waals surface area contributed by atoms with Crippen molar-refractivity contribution in [3.63, 3.8) is 0 Å². The number of amides is 1. The zero-order valence-electron chi connectivity index (χ0n) is 14.6. The molecule has 2 aromatic carbocycles. The second kappa shape index (κ2) is 11.0. The van der Waals surface area contributed by atoms with Crippen LogP contribution in [-0.4, -0.2) is 24.2 Å². The molecule has 0 unspecified atom stereocenters. The van der Waals surface area contributed by atoms with Gasteiger partial charge in [0, 0.05) is 34.8 Å². The summed E-state index contributed by atoms with van der Waals surface area (Å²) in [6, 6.07) is 13.2. The maximum Gasteiger partial charge on any atom is 0.243 e. The van der Waals surface area contributed by atoms with Gasteiger partial charge in [-0.2, -0.15) is 0 Å². The molecule has 0 saturated carbocycles. The number of hydrogen-bond donors (Lipinski definition) is 2. The maximum atomic E-state index is 12.0. The van der Waals surface area contributed by atoms with Crippen LogP contribution in [0.25, 0.3) is 17.2 Å². The van der Waals surface area contributed by atoms with Crippen molar-refractivity contribution in [2.24, 2.45) is 0 Å². The first kappa shape index (κ1) is 20.5. The fourth-order valence-electron chi connectivity index (χ4n) is 2.62. The molecule has 26 heavy (non-hydrogen) atoms. The molecule has 3 nitrogen and oxygen atoms in total. The van der Waals surface area contributed by atoms with Gasteiger partial charge in [-0.3, -0.25) is 4.79 Å². The molecule has 0 heterocycles. The van der Waals surface area contributed by atoms with Crippen LogP contribution in [0.2, 0.25) is 10.0 Å². The fraction of sp³-hybridized carbons (Fsp3) is 0.286. The molecule has 5 heteroatoms. The fourth-order valence-corrected chi connectivity index (χ4v) is 3.13. The lowest BCUT2D eigenvalue weighted by atomic mass is 9.99. The SMILES string of the molecule is O=C(C=Cc1ccccc1-c1ccc(Cl)cc1Cl)NCCCCCCO. The highest BCUT2D eigenvalue weighted by molar-refractivity contribution is 6.36. The summed E-state index contributed by atoms with van der Waals surface area (Å²) in [6.45, 7) is 0.866. The van der Waals surface area contributed by atoms with E-state index < -0.39 is 0 Å². The number of aliphatic hydroxyl groups is 1. The van der Waals surface area contributed by atoms with E-state index >= 15 is 0 Å². The van der Waals surface area contributed by atoms with Gasteiger partial charge in [0.2, 0.25) is 5.91 Å². The van der Waals surface area contributed by atoms with Crippen LogP contribution in [-0.2, 0) is 4.79 Å². The number of benzene rings is 2. The molecular weight excluding hydrogens is 369 g/mol. The third kappa shape index (κ3) is 6.49. The smallest absolute Gasteiger partial charge is 0.243 e. The van der Waals surface area contributed by atoms with E-state index in [1.165, 1.54) is 6.08 Å². The van der Waals surface area contributed by atoms with Gasteiger partial charge in [-0.25, -0.2) is 0 Å². The molecule has 0 bridgehead atoms. The van der Waals surface area contributed by atoms with Crippen molar-refractivity contribution in [1.29, 1.82) is 0 Å². The second-order valence-corrected chi connectivity index (χ2v) is 6.82. The second-order valence-electron chi connectivity index (χ2n) is 5.97. The quantitative estimate of drug-likeness (QED) is 0.447. The number of nitrogens with one attached hydrogen (secondary N) is 1. The summed E-state index contributed by atoms with van der Waals surface area (Å²) in [5, 5.41) is 12.8. The van der Waals surface area contributed by atoms with Gasteiger partial charge in [0.15, 0.2) is 0 Å². The van der Waals surface area contributed by atoms with Crippen molar-refractivity contribution in [2.45, 2.75) is 25.7 Å². The Labute approximate surface area is 164 Å². The van der Waals surface area contributed by atoms with E-state index in [9.17, 15) is 4.79 Å². The van der Waals surface area contributed by atoms with Gasteiger partial charge in [-0.15, -0.1) is 0 Å². The van der Waals surface area contributed by atoms with E-state index in [0.717, 1.165) is 42.4 Å². The molecule has 2 rings (SSSR count). The Morgan fingerprint density at radius 3 is 2.54 bits per heavy atom. The van der Waals surface area contributed by atoms with Gasteiger partial charge in [0.1, 0.15) is 0 Å². The first-order valence-corrected chi connectivity index (χ1v) is 9.48. The zero-order valence-corrected chi connectivity index (χ0v) is 16.1. The summed E-state index contributed by atoms with van der Waals surface area (Å²) >= 11 is 12.3. The minimum Gasteiger partial charge on any atom is -0.396 e. The molecule has 2 N–H and O–H groups in total. The van der Waals surface area contributed by atoms with Crippen LogP contribution in [0.4, 0.5) is 0 Å². The molecule has 0 aliphatic rings. The Morgan fingerprint density at radius 2 is 1.77 bits per heavy atom. The number of carbonyl (C=O) groups excluding carboxylic acids is 1. The van der Waals surface area contributed by atoms with Crippen molar-refractivity contribution in [3.05, 3.63) is 64.1 Å². The monoisotopic (exact) mass is 391 g/mol. The van der Waals surface area contributed by atoms with Crippen molar-refractivity contribution in [1.82, 2.24) is 5.32 Å². The summed E-state index contributed by atoms with van der Waals surface area (Å²) in [7, 11) is 0. The molecule has 0 aromatic heterocycles. The Morgan fingerprint density at radius 1 is 1.00 bits per heavy atom. The lowest BCUT2D eigenvalue weighted by molar-refractivity contribution is -0.116. The zero-order chi connectivity index (χ0) is 18.8.